The standard InChI is InChI=1S/C12H7Cl3N2O2/c1-6-2-8(12(16-5-6)17(18)19)7-3-9(13)11(15)10(14)4-7/h2-5H,1H3. The van der Waals surface area contributed by atoms with E-state index in [2.05, 4.69) is 4.98 Å². The van der Waals surface area contributed by atoms with Crippen LogP contribution in [0.5, 0.6) is 0 Å². The fraction of sp³-hybridized carbons (Fsp3) is 0.0833. The molecule has 0 bridgehead atoms. The minimum Gasteiger partial charge on any atom is -0.358 e. The molecule has 0 saturated carbocycles. The van der Waals surface area contributed by atoms with Gasteiger partial charge in [0.15, 0.2) is 0 Å². The molecule has 0 saturated heterocycles. The van der Waals surface area contributed by atoms with Gasteiger partial charge >= 0.3 is 5.82 Å². The van der Waals surface area contributed by atoms with E-state index in [0.717, 1.165) is 5.56 Å². The highest BCUT2D eigenvalue weighted by Crippen LogP contribution is 2.37. The highest BCUT2D eigenvalue weighted by atomic mass is 35.5. The smallest absolute Gasteiger partial charge is 0.358 e. The van der Waals surface area contributed by atoms with E-state index in [-0.39, 0.29) is 20.9 Å². The number of rotatable bonds is 2. The Kier molecular flexibility index (Phi) is 3.94. The number of hydrogen-bond donors (Lipinski definition) is 0. The van der Waals surface area contributed by atoms with Gasteiger partial charge in [-0.05, 0) is 46.2 Å². The van der Waals surface area contributed by atoms with E-state index in [4.69, 9.17) is 34.8 Å². The van der Waals surface area contributed by atoms with E-state index < -0.39 is 4.92 Å². The quantitative estimate of drug-likeness (QED) is 0.448. The van der Waals surface area contributed by atoms with E-state index in [1.54, 1.807) is 13.0 Å². The summed E-state index contributed by atoms with van der Waals surface area (Å²) in [5, 5.41) is 11.7. The molecule has 0 atom stereocenters. The van der Waals surface area contributed by atoms with Crippen molar-refractivity contribution in [1.82, 2.24) is 4.98 Å². The van der Waals surface area contributed by atoms with Crippen molar-refractivity contribution in [3.8, 4) is 11.1 Å². The van der Waals surface area contributed by atoms with Crippen molar-refractivity contribution in [3.05, 3.63) is 55.1 Å². The van der Waals surface area contributed by atoms with Crippen molar-refractivity contribution in [2.24, 2.45) is 0 Å². The van der Waals surface area contributed by atoms with Crippen LogP contribution < -0.4 is 0 Å². The minimum absolute atomic E-state index is 0.218. The van der Waals surface area contributed by atoms with Gasteiger partial charge in [-0.15, -0.1) is 0 Å². The second-order valence-electron chi connectivity index (χ2n) is 3.89. The number of benzene rings is 1. The molecule has 1 heterocycles. The predicted octanol–water partition coefficient (Wildman–Crippen LogP) is 4.93. The summed E-state index contributed by atoms with van der Waals surface area (Å²) in [6.45, 7) is 1.79. The average Bonchev–Trinajstić information content (AvgIpc) is 2.34. The van der Waals surface area contributed by atoms with Crippen LogP contribution in [-0.2, 0) is 0 Å². The Morgan fingerprint density at radius 2 is 1.74 bits per heavy atom. The largest absolute Gasteiger partial charge is 0.371 e. The Balaban J connectivity index is 2.71. The summed E-state index contributed by atoms with van der Waals surface area (Å²) in [6.07, 6.45) is 1.43. The molecule has 1 aromatic carbocycles. The molecule has 1 aromatic heterocycles. The maximum Gasteiger partial charge on any atom is 0.371 e. The van der Waals surface area contributed by atoms with Crippen molar-refractivity contribution >= 4 is 40.6 Å². The molecular weight excluding hydrogens is 311 g/mol. The predicted molar refractivity (Wildman–Crippen MR) is 76.1 cm³/mol. The molecule has 0 radical (unpaired) electrons. The fourth-order valence-corrected chi connectivity index (χ4v) is 2.23. The Morgan fingerprint density at radius 3 is 2.26 bits per heavy atom. The molecule has 4 nitrogen and oxygen atoms in total. The third kappa shape index (κ3) is 2.81. The van der Waals surface area contributed by atoms with Crippen molar-refractivity contribution < 1.29 is 4.92 Å². The van der Waals surface area contributed by atoms with Crippen molar-refractivity contribution in [1.29, 1.82) is 0 Å². The molecule has 0 amide bonds. The number of hydrogen-bond acceptors (Lipinski definition) is 3. The first-order chi connectivity index (χ1) is 8.90. The number of aromatic nitrogens is 1. The Labute approximate surface area is 124 Å². The van der Waals surface area contributed by atoms with Crippen molar-refractivity contribution in [2.75, 3.05) is 0 Å². The summed E-state index contributed by atoms with van der Waals surface area (Å²) in [5.41, 5.74) is 1.65. The lowest BCUT2D eigenvalue weighted by Gasteiger charge is -2.06. The second kappa shape index (κ2) is 5.33. The van der Waals surface area contributed by atoms with Gasteiger partial charge in [-0.1, -0.05) is 34.8 Å². The summed E-state index contributed by atoms with van der Waals surface area (Å²) in [6, 6.07) is 4.71. The SMILES string of the molecule is Cc1cnc([N+](=O)[O-])c(-c2cc(Cl)c(Cl)c(Cl)c2)c1. The zero-order valence-corrected chi connectivity index (χ0v) is 11.9. The molecule has 0 aliphatic rings. The summed E-state index contributed by atoms with van der Waals surface area (Å²) < 4.78 is 0. The first kappa shape index (κ1) is 14.1. The topological polar surface area (TPSA) is 56.0 Å². The van der Waals surface area contributed by atoms with Gasteiger partial charge in [-0.2, -0.15) is 0 Å². The third-order valence-electron chi connectivity index (χ3n) is 2.47. The van der Waals surface area contributed by atoms with Crippen LogP contribution in [0, 0.1) is 17.0 Å². The molecule has 0 unspecified atom stereocenters. The van der Waals surface area contributed by atoms with Gasteiger partial charge in [-0.25, -0.2) is 0 Å². The lowest BCUT2D eigenvalue weighted by Crippen LogP contribution is -1.96. The van der Waals surface area contributed by atoms with Crippen LogP contribution in [0.3, 0.4) is 0 Å². The van der Waals surface area contributed by atoms with E-state index in [0.29, 0.717) is 11.1 Å². The van der Waals surface area contributed by atoms with Crippen LogP contribution >= 0.6 is 34.8 Å². The third-order valence-corrected chi connectivity index (χ3v) is 3.67. The maximum absolute atomic E-state index is 11.0. The number of nitrogens with zero attached hydrogens (tertiary/aromatic N) is 2. The fourth-order valence-electron chi connectivity index (χ4n) is 1.63. The number of pyridine rings is 1. The summed E-state index contributed by atoms with van der Waals surface area (Å²) >= 11 is 17.7. The zero-order chi connectivity index (χ0) is 14.2. The van der Waals surface area contributed by atoms with Gasteiger partial charge in [-0.3, -0.25) is 0 Å². The van der Waals surface area contributed by atoms with Gasteiger partial charge in [0.25, 0.3) is 0 Å². The molecular formula is C12H7Cl3N2O2. The average molecular weight is 318 g/mol. The first-order valence-corrected chi connectivity index (χ1v) is 6.29. The van der Waals surface area contributed by atoms with Crippen molar-refractivity contribution in [3.63, 3.8) is 0 Å². The summed E-state index contributed by atoms with van der Waals surface area (Å²) in [5.74, 6) is -0.250. The molecule has 7 heteroatoms. The first-order valence-electron chi connectivity index (χ1n) is 5.16. The van der Waals surface area contributed by atoms with Crippen LogP contribution in [0.2, 0.25) is 15.1 Å². The molecule has 0 spiro atoms. The van der Waals surface area contributed by atoms with Crippen LogP contribution in [0.25, 0.3) is 11.1 Å². The lowest BCUT2D eigenvalue weighted by molar-refractivity contribution is -0.388. The van der Waals surface area contributed by atoms with E-state index >= 15 is 0 Å². The maximum atomic E-state index is 11.0. The summed E-state index contributed by atoms with van der Waals surface area (Å²) in [7, 11) is 0. The van der Waals surface area contributed by atoms with Crippen LogP contribution in [0.1, 0.15) is 5.56 Å². The molecule has 19 heavy (non-hydrogen) atoms. The van der Waals surface area contributed by atoms with E-state index in [1.165, 1.54) is 18.3 Å². The Hall–Kier alpha value is -1.36. The lowest BCUT2D eigenvalue weighted by atomic mass is 10.1. The normalized spacial score (nSPS) is 10.5. The molecule has 2 aromatic rings. The molecule has 0 fully saturated rings. The van der Waals surface area contributed by atoms with Gasteiger partial charge in [0.2, 0.25) is 0 Å². The molecule has 0 aliphatic carbocycles. The molecule has 98 valence electrons. The minimum atomic E-state index is -0.550. The Bertz CT molecular complexity index is 651. The molecule has 2 rings (SSSR count). The van der Waals surface area contributed by atoms with E-state index in [9.17, 15) is 10.1 Å². The number of aryl methyl sites for hydroxylation is 1. The van der Waals surface area contributed by atoms with Crippen LogP contribution in [0.4, 0.5) is 5.82 Å². The number of nitro groups is 1. The highest BCUT2D eigenvalue weighted by Gasteiger charge is 2.19. The van der Waals surface area contributed by atoms with Crippen molar-refractivity contribution in [2.45, 2.75) is 6.92 Å². The van der Waals surface area contributed by atoms with Crippen LogP contribution in [0.15, 0.2) is 24.4 Å². The Morgan fingerprint density at radius 1 is 1.16 bits per heavy atom. The summed E-state index contributed by atoms with van der Waals surface area (Å²) in [4.78, 5) is 14.3. The molecule has 0 N–H and O–H groups in total. The second-order valence-corrected chi connectivity index (χ2v) is 5.09. The van der Waals surface area contributed by atoms with Gasteiger partial charge in [0, 0.05) is 0 Å². The van der Waals surface area contributed by atoms with Gasteiger partial charge in [0.1, 0.15) is 6.20 Å². The van der Waals surface area contributed by atoms with Gasteiger partial charge in [0.05, 0.1) is 20.6 Å². The van der Waals surface area contributed by atoms with E-state index in [1.807, 2.05) is 0 Å². The van der Waals surface area contributed by atoms with Gasteiger partial charge < -0.3 is 10.1 Å². The van der Waals surface area contributed by atoms with Crippen LogP contribution in [-0.4, -0.2) is 9.91 Å². The number of halogens is 3. The molecule has 0 aliphatic heterocycles. The monoisotopic (exact) mass is 316 g/mol. The highest BCUT2D eigenvalue weighted by molar-refractivity contribution is 6.48. The zero-order valence-electron chi connectivity index (χ0n) is 9.65.